The second-order valence-corrected chi connectivity index (χ2v) is 4.96. The van der Waals surface area contributed by atoms with Gasteiger partial charge in [-0.25, -0.2) is 0 Å². The van der Waals surface area contributed by atoms with E-state index < -0.39 is 5.97 Å². The summed E-state index contributed by atoms with van der Waals surface area (Å²) in [5.74, 6) is -0.792. The average Bonchev–Trinajstić information content (AvgIpc) is 2.28. The van der Waals surface area contributed by atoms with E-state index in [1.807, 2.05) is 29.2 Å². The van der Waals surface area contributed by atoms with Crippen molar-refractivity contribution >= 4 is 21.9 Å². The van der Waals surface area contributed by atoms with Crippen LogP contribution in [-0.4, -0.2) is 42.2 Å². The molecule has 1 aromatic carbocycles. The molecule has 0 radical (unpaired) electrons. The summed E-state index contributed by atoms with van der Waals surface area (Å²) in [5, 5.41) is 8.78. The van der Waals surface area contributed by atoms with E-state index in [2.05, 4.69) is 15.9 Å². The number of hydrogen-bond acceptors (Lipinski definition) is 3. The Kier molecular flexibility index (Phi) is 4.15. The van der Waals surface area contributed by atoms with E-state index in [4.69, 9.17) is 9.84 Å². The minimum absolute atomic E-state index is 0.0411. The highest BCUT2D eigenvalue weighted by Gasteiger charge is 2.23. The maximum atomic E-state index is 10.7. The molecule has 1 fully saturated rings. The first-order valence-electron chi connectivity index (χ1n) is 5.46. The van der Waals surface area contributed by atoms with Crippen molar-refractivity contribution in [2.45, 2.75) is 6.10 Å². The molecule has 5 heteroatoms. The average molecular weight is 300 g/mol. The Balaban J connectivity index is 2.04. The van der Waals surface area contributed by atoms with E-state index in [-0.39, 0.29) is 12.6 Å². The summed E-state index contributed by atoms with van der Waals surface area (Å²) in [7, 11) is 0. The molecular weight excluding hydrogens is 286 g/mol. The molecule has 1 atom stereocenters. The van der Waals surface area contributed by atoms with Gasteiger partial charge in [-0.2, -0.15) is 0 Å². The third-order valence-electron chi connectivity index (χ3n) is 2.73. The number of rotatable bonds is 3. The van der Waals surface area contributed by atoms with Crippen molar-refractivity contribution in [1.82, 2.24) is 4.90 Å². The van der Waals surface area contributed by atoms with Crippen LogP contribution in [0.1, 0.15) is 11.7 Å². The van der Waals surface area contributed by atoms with Crippen molar-refractivity contribution in [3.63, 3.8) is 0 Å². The van der Waals surface area contributed by atoms with Gasteiger partial charge in [0.05, 0.1) is 19.3 Å². The zero-order valence-corrected chi connectivity index (χ0v) is 10.9. The summed E-state index contributed by atoms with van der Waals surface area (Å²) >= 11 is 3.42. The molecule has 92 valence electrons. The monoisotopic (exact) mass is 299 g/mol. The second-order valence-electron chi connectivity index (χ2n) is 4.04. The van der Waals surface area contributed by atoms with E-state index in [9.17, 15) is 4.79 Å². The number of hydrogen-bond donors (Lipinski definition) is 1. The molecule has 0 amide bonds. The summed E-state index contributed by atoms with van der Waals surface area (Å²) in [4.78, 5) is 12.6. The van der Waals surface area contributed by atoms with Crippen LogP contribution in [0.15, 0.2) is 28.7 Å². The lowest BCUT2D eigenvalue weighted by Gasteiger charge is -2.32. The van der Waals surface area contributed by atoms with Crippen molar-refractivity contribution in [3.8, 4) is 0 Å². The highest BCUT2D eigenvalue weighted by atomic mass is 79.9. The lowest BCUT2D eigenvalue weighted by Crippen LogP contribution is -2.41. The maximum Gasteiger partial charge on any atom is 0.317 e. The number of ether oxygens (including phenoxy) is 1. The lowest BCUT2D eigenvalue weighted by molar-refractivity contribution is -0.140. The molecule has 4 nitrogen and oxygen atoms in total. The van der Waals surface area contributed by atoms with Gasteiger partial charge in [-0.05, 0) is 17.7 Å². The number of carboxylic acids is 1. The van der Waals surface area contributed by atoms with Gasteiger partial charge in [-0.1, -0.05) is 28.1 Å². The first kappa shape index (κ1) is 12.5. The third-order valence-corrected chi connectivity index (χ3v) is 3.22. The summed E-state index contributed by atoms with van der Waals surface area (Å²) in [6, 6.07) is 7.93. The number of nitrogens with zero attached hydrogens (tertiary/aromatic N) is 1. The van der Waals surface area contributed by atoms with Crippen molar-refractivity contribution in [3.05, 3.63) is 34.3 Å². The van der Waals surface area contributed by atoms with E-state index >= 15 is 0 Å². The number of halogens is 1. The molecule has 1 aromatic rings. The van der Waals surface area contributed by atoms with Gasteiger partial charge in [0.2, 0.25) is 0 Å². The first-order chi connectivity index (χ1) is 8.15. The largest absolute Gasteiger partial charge is 0.480 e. The topological polar surface area (TPSA) is 49.8 Å². The van der Waals surface area contributed by atoms with Gasteiger partial charge < -0.3 is 9.84 Å². The predicted octanol–water partition coefficient (Wildman–Crippen LogP) is 1.91. The zero-order valence-electron chi connectivity index (χ0n) is 9.30. The molecular formula is C12H14BrNO3. The van der Waals surface area contributed by atoms with Crippen LogP contribution in [0.4, 0.5) is 0 Å². The lowest BCUT2D eigenvalue weighted by atomic mass is 10.1. The minimum atomic E-state index is -0.792. The normalized spacial score (nSPS) is 21.4. The minimum Gasteiger partial charge on any atom is -0.480 e. The third kappa shape index (κ3) is 3.52. The molecule has 1 aliphatic rings. The Morgan fingerprint density at radius 2 is 2.41 bits per heavy atom. The summed E-state index contributed by atoms with van der Waals surface area (Å²) in [6.07, 6.45) is -0.0411. The summed E-state index contributed by atoms with van der Waals surface area (Å²) < 4.78 is 6.68. The SMILES string of the molecule is O=C(O)CN1CCO[C@H](c2cccc(Br)c2)C1. The molecule has 1 saturated heterocycles. The highest BCUT2D eigenvalue weighted by Crippen LogP contribution is 2.24. The number of aliphatic carboxylic acids is 1. The summed E-state index contributed by atoms with van der Waals surface area (Å²) in [6.45, 7) is 1.96. The van der Waals surface area contributed by atoms with Gasteiger partial charge in [0.25, 0.3) is 0 Å². The van der Waals surface area contributed by atoms with Crippen molar-refractivity contribution < 1.29 is 14.6 Å². The van der Waals surface area contributed by atoms with Crippen LogP contribution in [0, 0.1) is 0 Å². The van der Waals surface area contributed by atoms with E-state index in [1.165, 1.54) is 0 Å². The molecule has 0 aliphatic carbocycles. The fourth-order valence-corrected chi connectivity index (χ4v) is 2.36. The Hall–Kier alpha value is -0.910. The van der Waals surface area contributed by atoms with E-state index in [0.717, 1.165) is 10.0 Å². The number of benzene rings is 1. The van der Waals surface area contributed by atoms with Gasteiger partial charge >= 0.3 is 5.97 Å². The number of carboxylic acid groups (broad SMARTS) is 1. The van der Waals surface area contributed by atoms with Crippen molar-refractivity contribution in [2.24, 2.45) is 0 Å². The molecule has 17 heavy (non-hydrogen) atoms. The fraction of sp³-hybridized carbons (Fsp3) is 0.417. The molecule has 1 aliphatic heterocycles. The van der Waals surface area contributed by atoms with Crippen LogP contribution in [-0.2, 0) is 9.53 Å². The Bertz CT molecular complexity index is 410. The standard InChI is InChI=1S/C12H14BrNO3/c13-10-3-1-2-9(6-10)11-7-14(4-5-17-11)8-12(15)16/h1-3,6,11H,4-5,7-8H2,(H,15,16)/t11-/m0/s1. The molecule has 1 heterocycles. The second kappa shape index (κ2) is 5.62. The molecule has 0 bridgehead atoms. The summed E-state index contributed by atoms with van der Waals surface area (Å²) in [5.41, 5.74) is 1.08. The fourth-order valence-electron chi connectivity index (χ4n) is 1.95. The van der Waals surface area contributed by atoms with Gasteiger partial charge in [-0.15, -0.1) is 0 Å². The first-order valence-corrected chi connectivity index (χ1v) is 6.25. The molecule has 1 N–H and O–H groups in total. The maximum absolute atomic E-state index is 10.7. The van der Waals surface area contributed by atoms with E-state index in [1.54, 1.807) is 0 Å². The van der Waals surface area contributed by atoms with Crippen LogP contribution >= 0.6 is 15.9 Å². The Labute approximate surface area is 108 Å². The zero-order chi connectivity index (χ0) is 12.3. The van der Waals surface area contributed by atoms with Gasteiger partial charge in [-0.3, -0.25) is 9.69 Å². The van der Waals surface area contributed by atoms with Crippen LogP contribution in [0.25, 0.3) is 0 Å². The molecule has 0 spiro atoms. The number of morpholine rings is 1. The smallest absolute Gasteiger partial charge is 0.317 e. The van der Waals surface area contributed by atoms with Gasteiger partial charge in [0.15, 0.2) is 0 Å². The van der Waals surface area contributed by atoms with Crippen LogP contribution < -0.4 is 0 Å². The molecule has 0 saturated carbocycles. The highest BCUT2D eigenvalue weighted by molar-refractivity contribution is 9.10. The quantitative estimate of drug-likeness (QED) is 0.926. The number of carbonyl (C=O) groups is 1. The van der Waals surface area contributed by atoms with Crippen LogP contribution in [0.5, 0.6) is 0 Å². The van der Waals surface area contributed by atoms with Gasteiger partial charge in [0.1, 0.15) is 0 Å². The molecule has 0 unspecified atom stereocenters. The molecule has 0 aromatic heterocycles. The van der Waals surface area contributed by atoms with Crippen LogP contribution in [0.3, 0.4) is 0 Å². The van der Waals surface area contributed by atoms with E-state index in [0.29, 0.717) is 19.7 Å². The Morgan fingerprint density at radius 1 is 1.59 bits per heavy atom. The van der Waals surface area contributed by atoms with Crippen molar-refractivity contribution in [2.75, 3.05) is 26.2 Å². The predicted molar refractivity (Wildman–Crippen MR) is 66.9 cm³/mol. The van der Waals surface area contributed by atoms with Crippen molar-refractivity contribution in [1.29, 1.82) is 0 Å². The molecule has 2 rings (SSSR count). The Morgan fingerprint density at radius 3 is 3.12 bits per heavy atom. The van der Waals surface area contributed by atoms with Crippen LogP contribution in [0.2, 0.25) is 0 Å². The van der Waals surface area contributed by atoms with Gasteiger partial charge in [0, 0.05) is 17.6 Å².